The molecular weight excluding hydrogens is 240 g/mol. The first-order valence-electron chi connectivity index (χ1n) is 6.98. The lowest BCUT2D eigenvalue weighted by molar-refractivity contribution is 0.0939. The minimum atomic E-state index is -0.0565. The van der Waals surface area contributed by atoms with Crippen molar-refractivity contribution in [3.63, 3.8) is 0 Å². The minimum absolute atomic E-state index is 0.0565. The van der Waals surface area contributed by atoms with Gasteiger partial charge in [-0.05, 0) is 26.0 Å². The Labute approximate surface area is 114 Å². The van der Waals surface area contributed by atoms with E-state index >= 15 is 0 Å². The molecule has 1 aliphatic carbocycles. The van der Waals surface area contributed by atoms with Gasteiger partial charge in [0.15, 0.2) is 0 Å². The van der Waals surface area contributed by atoms with Gasteiger partial charge in [0.25, 0.3) is 5.91 Å². The molecule has 5 nitrogen and oxygen atoms in total. The molecule has 1 aromatic rings. The number of rotatable bonds is 5. The number of carbonyl (C=O) groups is 1. The molecule has 1 heterocycles. The van der Waals surface area contributed by atoms with Crippen molar-refractivity contribution in [2.24, 2.45) is 7.05 Å². The molecule has 19 heavy (non-hydrogen) atoms. The Kier molecular flexibility index (Phi) is 4.47. The summed E-state index contributed by atoms with van der Waals surface area (Å²) in [6, 6.07) is 2.40. The molecule has 5 heteroatoms. The van der Waals surface area contributed by atoms with Gasteiger partial charge in [-0.3, -0.25) is 4.79 Å². The van der Waals surface area contributed by atoms with Gasteiger partial charge in [-0.15, -0.1) is 0 Å². The molecule has 0 aliphatic heterocycles. The molecule has 1 amide bonds. The fourth-order valence-corrected chi connectivity index (χ4v) is 2.78. The van der Waals surface area contributed by atoms with Crippen LogP contribution in [0.2, 0.25) is 0 Å². The van der Waals surface area contributed by atoms with Crippen molar-refractivity contribution < 1.29 is 4.79 Å². The number of amides is 1. The normalized spacial score (nSPS) is 16.2. The highest BCUT2D eigenvalue weighted by molar-refractivity contribution is 5.93. The predicted molar refractivity (Wildman–Crippen MR) is 77.0 cm³/mol. The lowest BCUT2D eigenvalue weighted by Crippen LogP contribution is -2.37. The Morgan fingerprint density at radius 2 is 2.21 bits per heavy atom. The highest BCUT2D eigenvalue weighted by Crippen LogP contribution is 2.21. The summed E-state index contributed by atoms with van der Waals surface area (Å²) in [5, 5.41) is 2.95. The van der Waals surface area contributed by atoms with Crippen LogP contribution in [0.3, 0.4) is 0 Å². The molecule has 1 saturated carbocycles. The average Bonchev–Trinajstić information content (AvgIpc) is 2.98. The van der Waals surface area contributed by atoms with Crippen molar-refractivity contribution in [2.75, 3.05) is 25.9 Å². The van der Waals surface area contributed by atoms with Gasteiger partial charge in [0.2, 0.25) is 0 Å². The van der Waals surface area contributed by atoms with E-state index in [2.05, 4.69) is 17.3 Å². The molecule has 1 aromatic heterocycles. The zero-order chi connectivity index (χ0) is 13.8. The summed E-state index contributed by atoms with van der Waals surface area (Å²) in [4.78, 5) is 14.3. The number of hydrogen-bond donors (Lipinski definition) is 2. The summed E-state index contributed by atoms with van der Waals surface area (Å²) in [5.41, 5.74) is 6.90. The largest absolute Gasteiger partial charge is 0.397 e. The molecule has 106 valence electrons. The standard InChI is InChI=1S/C14H24N4O/c1-17(12-5-3-4-6-12)8-7-16-14(19)13-9-11(15)10-18(13)2/h9-10,12H,3-8,15H2,1-2H3,(H,16,19). The van der Waals surface area contributed by atoms with Crippen LogP contribution in [-0.2, 0) is 7.05 Å². The second-order valence-electron chi connectivity index (χ2n) is 5.44. The Morgan fingerprint density at radius 3 is 2.79 bits per heavy atom. The van der Waals surface area contributed by atoms with Crippen LogP contribution in [0.5, 0.6) is 0 Å². The molecule has 0 bridgehead atoms. The van der Waals surface area contributed by atoms with E-state index in [1.54, 1.807) is 16.8 Å². The van der Waals surface area contributed by atoms with Gasteiger partial charge in [0, 0.05) is 32.4 Å². The van der Waals surface area contributed by atoms with E-state index in [1.165, 1.54) is 25.7 Å². The predicted octanol–water partition coefficient (Wildman–Crippen LogP) is 1.21. The average molecular weight is 264 g/mol. The molecule has 0 radical (unpaired) electrons. The van der Waals surface area contributed by atoms with Crippen LogP contribution in [0, 0.1) is 0 Å². The van der Waals surface area contributed by atoms with Gasteiger partial charge in [0.1, 0.15) is 5.69 Å². The Balaban J connectivity index is 1.76. The molecule has 0 aromatic carbocycles. The zero-order valence-corrected chi connectivity index (χ0v) is 11.9. The maximum atomic E-state index is 12.0. The second-order valence-corrected chi connectivity index (χ2v) is 5.44. The quantitative estimate of drug-likeness (QED) is 0.840. The maximum absolute atomic E-state index is 12.0. The Hall–Kier alpha value is -1.49. The molecular formula is C14H24N4O. The molecule has 3 N–H and O–H groups in total. The number of hydrogen-bond acceptors (Lipinski definition) is 3. The fraction of sp³-hybridized carbons (Fsp3) is 0.643. The van der Waals surface area contributed by atoms with Gasteiger partial charge in [-0.25, -0.2) is 0 Å². The summed E-state index contributed by atoms with van der Waals surface area (Å²) in [6.45, 7) is 1.58. The Bertz CT molecular complexity index is 435. The van der Waals surface area contributed by atoms with Crippen LogP contribution in [0.15, 0.2) is 12.3 Å². The third-order valence-electron chi connectivity index (χ3n) is 3.96. The monoisotopic (exact) mass is 264 g/mol. The molecule has 0 spiro atoms. The number of nitrogens with zero attached hydrogens (tertiary/aromatic N) is 2. The summed E-state index contributed by atoms with van der Waals surface area (Å²) in [6.07, 6.45) is 7.01. The summed E-state index contributed by atoms with van der Waals surface area (Å²) in [5.74, 6) is -0.0565. The number of nitrogen functional groups attached to an aromatic ring is 1. The number of anilines is 1. The van der Waals surface area contributed by atoms with Crippen molar-refractivity contribution in [3.05, 3.63) is 18.0 Å². The first kappa shape index (κ1) is 13.9. The van der Waals surface area contributed by atoms with Crippen molar-refractivity contribution in [3.8, 4) is 0 Å². The van der Waals surface area contributed by atoms with Crippen molar-refractivity contribution in [1.29, 1.82) is 0 Å². The summed E-state index contributed by atoms with van der Waals surface area (Å²) in [7, 11) is 3.97. The molecule has 2 rings (SSSR count). The maximum Gasteiger partial charge on any atom is 0.268 e. The smallest absolute Gasteiger partial charge is 0.268 e. The van der Waals surface area contributed by atoms with E-state index in [4.69, 9.17) is 5.73 Å². The zero-order valence-electron chi connectivity index (χ0n) is 11.9. The lowest BCUT2D eigenvalue weighted by atomic mass is 10.2. The highest BCUT2D eigenvalue weighted by Gasteiger charge is 2.19. The van der Waals surface area contributed by atoms with E-state index in [0.717, 1.165) is 6.54 Å². The van der Waals surface area contributed by atoms with E-state index < -0.39 is 0 Å². The van der Waals surface area contributed by atoms with E-state index in [-0.39, 0.29) is 5.91 Å². The van der Waals surface area contributed by atoms with Crippen LogP contribution in [0.25, 0.3) is 0 Å². The molecule has 1 aliphatic rings. The van der Waals surface area contributed by atoms with E-state index in [9.17, 15) is 4.79 Å². The van der Waals surface area contributed by atoms with Gasteiger partial charge in [0.05, 0.1) is 5.69 Å². The van der Waals surface area contributed by atoms with Gasteiger partial charge in [-0.2, -0.15) is 0 Å². The Morgan fingerprint density at radius 1 is 1.53 bits per heavy atom. The van der Waals surface area contributed by atoms with Crippen molar-refractivity contribution in [2.45, 2.75) is 31.7 Å². The van der Waals surface area contributed by atoms with Gasteiger partial charge >= 0.3 is 0 Å². The highest BCUT2D eigenvalue weighted by atomic mass is 16.1. The van der Waals surface area contributed by atoms with Crippen molar-refractivity contribution in [1.82, 2.24) is 14.8 Å². The molecule has 1 fully saturated rings. The number of aromatic nitrogens is 1. The molecule has 0 saturated heterocycles. The first-order chi connectivity index (χ1) is 9.08. The first-order valence-corrected chi connectivity index (χ1v) is 6.98. The van der Waals surface area contributed by atoms with Crippen LogP contribution >= 0.6 is 0 Å². The van der Waals surface area contributed by atoms with Crippen LogP contribution in [0.4, 0.5) is 5.69 Å². The summed E-state index contributed by atoms with van der Waals surface area (Å²) >= 11 is 0. The third kappa shape index (κ3) is 3.50. The molecule has 0 atom stereocenters. The minimum Gasteiger partial charge on any atom is -0.397 e. The van der Waals surface area contributed by atoms with Crippen LogP contribution in [-0.4, -0.2) is 41.6 Å². The van der Waals surface area contributed by atoms with E-state index in [1.807, 2.05) is 7.05 Å². The van der Waals surface area contributed by atoms with Crippen LogP contribution in [0.1, 0.15) is 36.2 Å². The number of carbonyl (C=O) groups excluding carboxylic acids is 1. The van der Waals surface area contributed by atoms with Crippen molar-refractivity contribution >= 4 is 11.6 Å². The number of likely N-dealkylation sites (N-methyl/N-ethyl adjacent to an activating group) is 1. The van der Waals surface area contributed by atoms with Gasteiger partial charge in [-0.1, -0.05) is 12.8 Å². The fourth-order valence-electron chi connectivity index (χ4n) is 2.78. The SMILES string of the molecule is CN(CCNC(=O)c1cc(N)cn1C)C1CCCC1. The summed E-state index contributed by atoms with van der Waals surface area (Å²) < 4.78 is 1.76. The third-order valence-corrected chi connectivity index (χ3v) is 3.96. The number of nitrogens with two attached hydrogens (primary N) is 1. The topological polar surface area (TPSA) is 63.3 Å². The molecule has 0 unspecified atom stereocenters. The van der Waals surface area contributed by atoms with Crippen LogP contribution < -0.4 is 11.1 Å². The number of nitrogens with one attached hydrogen (secondary N) is 1. The number of aryl methyl sites for hydroxylation is 1. The van der Waals surface area contributed by atoms with E-state index in [0.29, 0.717) is 24.0 Å². The van der Waals surface area contributed by atoms with Gasteiger partial charge < -0.3 is 20.5 Å². The second kappa shape index (κ2) is 6.10. The lowest BCUT2D eigenvalue weighted by Gasteiger charge is -2.23.